The van der Waals surface area contributed by atoms with E-state index < -0.39 is 0 Å². The smallest absolute Gasteiger partial charge is 0.251 e. The molecule has 164 valence electrons. The standard InChI is InChI=1S/C28H31N3O/c1-17-10-9-11-23(14-17)28(32)29-22(6)27-30-25-12-7-8-13-26(25)31(27)16-24-20(4)18(2)15-19(3)21(24)5/h7-15,22H,16H2,1-6H3,(H,29,32). The Balaban J connectivity index is 1.75. The molecule has 0 saturated carbocycles. The molecule has 4 heteroatoms. The minimum Gasteiger partial charge on any atom is -0.342 e. The van der Waals surface area contributed by atoms with Gasteiger partial charge in [0.2, 0.25) is 0 Å². The van der Waals surface area contributed by atoms with Crippen molar-refractivity contribution in [2.75, 3.05) is 0 Å². The predicted molar refractivity (Wildman–Crippen MR) is 131 cm³/mol. The molecule has 1 amide bonds. The monoisotopic (exact) mass is 425 g/mol. The summed E-state index contributed by atoms with van der Waals surface area (Å²) in [5.41, 5.74) is 10.3. The second kappa shape index (κ2) is 8.62. The molecule has 1 unspecified atom stereocenters. The molecule has 4 nitrogen and oxygen atoms in total. The maximum Gasteiger partial charge on any atom is 0.251 e. The minimum absolute atomic E-state index is 0.0847. The number of aryl methyl sites for hydroxylation is 3. The van der Waals surface area contributed by atoms with Gasteiger partial charge in [0.1, 0.15) is 5.82 Å². The molecule has 4 aromatic rings. The maximum atomic E-state index is 12.9. The average Bonchev–Trinajstić information content (AvgIpc) is 3.14. The molecule has 4 rings (SSSR count). The molecule has 1 aromatic heterocycles. The third kappa shape index (κ3) is 4.05. The van der Waals surface area contributed by atoms with Crippen LogP contribution in [0.1, 0.15) is 62.5 Å². The fourth-order valence-electron chi connectivity index (χ4n) is 4.42. The topological polar surface area (TPSA) is 46.9 Å². The van der Waals surface area contributed by atoms with Gasteiger partial charge in [-0.3, -0.25) is 4.79 Å². The van der Waals surface area contributed by atoms with Crippen LogP contribution >= 0.6 is 0 Å². The van der Waals surface area contributed by atoms with Crippen molar-refractivity contribution >= 4 is 16.9 Å². The predicted octanol–water partition coefficient (Wildman–Crippen LogP) is 6.12. The van der Waals surface area contributed by atoms with Gasteiger partial charge in [-0.1, -0.05) is 35.9 Å². The van der Waals surface area contributed by atoms with E-state index in [4.69, 9.17) is 4.98 Å². The van der Waals surface area contributed by atoms with Crippen LogP contribution in [-0.2, 0) is 6.54 Å². The Kier molecular flexibility index (Phi) is 5.88. The normalized spacial score (nSPS) is 12.2. The number of aromatic nitrogens is 2. The number of rotatable bonds is 5. The van der Waals surface area contributed by atoms with Crippen molar-refractivity contribution in [3.63, 3.8) is 0 Å². The lowest BCUT2D eigenvalue weighted by molar-refractivity contribution is 0.0937. The van der Waals surface area contributed by atoms with E-state index in [0.717, 1.165) is 29.0 Å². The number of hydrogen-bond donors (Lipinski definition) is 1. The fourth-order valence-corrected chi connectivity index (χ4v) is 4.42. The van der Waals surface area contributed by atoms with Crippen molar-refractivity contribution < 1.29 is 4.79 Å². The highest BCUT2D eigenvalue weighted by Crippen LogP contribution is 2.27. The Hall–Kier alpha value is -3.40. The van der Waals surface area contributed by atoms with Gasteiger partial charge in [-0.15, -0.1) is 0 Å². The van der Waals surface area contributed by atoms with E-state index in [1.54, 1.807) is 0 Å². The summed E-state index contributed by atoms with van der Waals surface area (Å²) >= 11 is 0. The summed E-state index contributed by atoms with van der Waals surface area (Å²) < 4.78 is 2.25. The molecule has 3 aromatic carbocycles. The molecule has 0 saturated heterocycles. The molecule has 0 spiro atoms. The fraction of sp³-hybridized carbons (Fsp3) is 0.286. The summed E-state index contributed by atoms with van der Waals surface area (Å²) in [5, 5.41) is 3.16. The largest absolute Gasteiger partial charge is 0.342 e. The molecule has 32 heavy (non-hydrogen) atoms. The zero-order chi connectivity index (χ0) is 23.0. The number of nitrogens with one attached hydrogen (secondary N) is 1. The Morgan fingerprint density at radius 1 is 0.938 bits per heavy atom. The molecular formula is C28H31N3O. The van der Waals surface area contributed by atoms with Crippen LogP contribution in [0.25, 0.3) is 11.0 Å². The highest BCUT2D eigenvalue weighted by Gasteiger charge is 2.21. The maximum absolute atomic E-state index is 12.9. The van der Waals surface area contributed by atoms with Crippen LogP contribution in [0, 0.1) is 34.6 Å². The van der Waals surface area contributed by atoms with E-state index in [1.807, 2.05) is 56.3 Å². The number of para-hydroxylation sites is 2. The molecule has 0 aliphatic rings. The van der Waals surface area contributed by atoms with Crippen molar-refractivity contribution in [2.24, 2.45) is 0 Å². The van der Waals surface area contributed by atoms with Crippen molar-refractivity contribution in [1.82, 2.24) is 14.9 Å². The molecule has 0 radical (unpaired) electrons. The molecular weight excluding hydrogens is 394 g/mol. The number of carbonyl (C=O) groups is 1. The number of benzene rings is 3. The second-order valence-corrected chi connectivity index (χ2v) is 8.85. The zero-order valence-electron chi connectivity index (χ0n) is 19.8. The van der Waals surface area contributed by atoms with Gasteiger partial charge >= 0.3 is 0 Å². The molecule has 1 N–H and O–H groups in total. The van der Waals surface area contributed by atoms with Crippen LogP contribution in [0.3, 0.4) is 0 Å². The molecule has 0 bridgehead atoms. The first kappa shape index (κ1) is 21.8. The Bertz CT molecular complexity index is 1290. The highest BCUT2D eigenvalue weighted by atomic mass is 16.1. The van der Waals surface area contributed by atoms with Gasteiger partial charge in [-0.05, 0) is 93.6 Å². The van der Waals surface area contributed by atoms with Crippen LogP contribution in [0.15, 0.2) is 54.6 Å². The van der Waals surface area contributed by atoms with Gasteiger partial charge in [-0.2, -0.15) is 0 Å². The number of carbonyl (C=O) groups excluding carboxylic acids is 1. The summed E-state index contributed by atoms with van der Waals surface area (Å²) in [6, 6.07) is 17.9. The number of fused-ring (bicyclic) bond motifs is 1. The van der Waals surface area contributed by atoms with Crippen LogP contribution in [0.5, 0.6) is 0 Å². The molecule has 1 atom stereocenters. The molecule has 0 aliphatic carbocycles. The van der Waals surface area contributed by atoms with Gasteiger partial charge in [-0.25, -0.2) is 4.98 Å². The van der Waals surface area contributed by atoms with E-state index in [2.05, 4.69) is 49.7 Å². The van der Waals surface area contributed by atoms with Gasteiger partial charge in [0.25, 0.3) is 5.91 Å². The van der Waals surface area contributed by atoms with Crippen LogP contribution in [-0.4, -0.2) is 15.5 Å². The first-order valence-electron chi connectivity index (χ1n) is 11.1. The summed E-state index contributed by atoms with van der Waals surface area (Å²) in [6.07, 6.45) is 0. The lowest BCUT2D eigenvalue weighted by Crippen LogP contribution is -2.29. The van der Waals surface area contributed by atoms with Crippen molar-refractivity contribution in [1.29, 1.82) is 0 Å². The first-order chi connectivity index (χ1) is 15.3. The zero-order valence-corrected chi connectivity index (χ0v) is 19.8. The van der Waals surface area contributed by atoms with Gasteiger partial charge in [0.15, 0.2) is 0 Å². The second-order valence-electron chi connectivity index (χ2n) is 8.85. The Morgan fingerprint density at radius 2 is 1.62 bits per heavy atom. The number of hydrogen-bond acceptors (Lipinski definition) is 2. The summed E-state index contributed by atoms with van der Waals surface area (Å²) in [7, 11) is 0. The van der Waals surface area contributed by atoms with Gasteiger partial charge < -0.3 is 9.88 Å². The van der Waals surface area contributed by atoms with Crippen molar-refractivity contribution in [3.05, 3.63) is 99.4 Å². The molecule has 0 fully saturated rings. The van der Waals surface area contributed by atoms with E-state index in [9.17, 15) is 4.79 Å². The summed E-state index contributed by atoms with van der Waals surface area (Å²) in [4.78, 5) is 17.8. The number of amides is 1. The lowest BCUT2D eigenvalue weighted by Gasteiger charge is -2.20. The van der Waals surface area contributed by atoms with Crippen molar-refractivity contribution in [3.8, 4) is 0 Å². The minimum atomic E-state index is -0.234. The van der Waals surface area contributed by atoms with Gasteiger partial charge in [0, 0.05) is 12.1 Å². The Morgan fingerprint density at radius 3 is 2.31 bits per heavy atom. The summed E-state index contributed by atoms with van der Waals surface area (Å²) in [6.45, 7) is 13.4. The molecule has 0 aliphatic heterocycles. The SMILES string of the molecule is Cc1cccc(C(=O)NC(C)c2nc3ccccc3n2Cc2c(C)c(C)cc(C)c2C)c1. The van der Waals surface area contributed by atoms with E-state index >= 15 is 0 Å². The quantitative estimate of drug-likeness (QED) is 0.419. The summed E-state index contributed by atoms with van der Waals surface area (Å²) in [5.74, 6) is 0.781. The van der Waals surface area contributed by atoms with Crippen molar-refractivity contribution in [2.45, 2.75) is 54.1 Å². The van der Waals surface area contributed by atoms with Crippen LogP contribution in [0.2, 0.25) is 0 Å². The highest BCUT2D eigenvalue weighted by molar-refractivity contribution is 5.94. The van der Waals surface area contributed by atoms with Crippen LogP contribution < -0.4 is 5.32 Å². The van der Waals surface area contributed by atoms with Gasteiger partial charge in [0.05, 0.1) is 17.1 Å². The Labute approximate surface area is 190 Å². The number of nitrogens with zero attached hydrogens (tertiary/aromatic N) is 2. The average molecular weight is 426 g/mol. The first-order valence-corrected chi connectivity index (χ1v) is 11.1. The van der Waals surface area contributed by atoms with E-state index in [1.165, 1.54) is 27.8 Å². The third-order valence-electron chi connectivity index (χ3n) is 6.54. The van der Waals surface area contributed by atoms with E-state index in [0.29, 0.717) is 5.56 Å². The number of imidazole rings is 1. The van der Waals surface area contributed by atoms with E-state index in [-0.39, 0.29) is 11.9 Å². The third-order valence-corrected chi connectivity index (χ3v) is 6.54. The lowest BCUT2D eigenvalue weighted by atomic mass is 9.94. The molecule has 1 heterocycles. The van der Waals surface area contributed by atoms with Crippen LogP contribution in [0.4, 0.5) is 0 Å².